The normalized spacial score (nSPS) is 21.6. The van der Waals surface area contributed by atoms with Gasteiger partial charge in [0.25, 0.3) is 0 Å². The third kappa shape index (κ3) is 5.38. The number of pyridine rings is 1. The summed E-state index contributed by atoms with van der Waals surface area (Å²) >= 11 is 0. The van der Waals surface area contributed by atoms with Crippen LogP contribution in [0.15, 0.2) is 84.6 Å². The highest BCUT2D eigenvalue weighted by molar-refractivity contribution is 5.63. The molecule has 3 aliphatic rings. The van der Waals surface area contributed by atoms with Crippen LogP contribution in [0.3, 0.4) is 0 Å². The molecule has 7 heteroatoms. The molecule has 2 fully saturated rings. The highest BCUT2D eigenvalue weighted by Crippen LogP contribution is 2.36. The third-order valence-corrected chi connectivity index (χ3v) is 8.80. The Balaban J connectivity index is 1.09. The Hall–Kier alpha value is -3.97. The minimum absolute atomic E-state index is 0.348. The zero-order valence-corrected chi connectivity index (χ0v) is 24.2. The molecule has 0 bridgehead atoms. The summed E-state index contributed by atoms with van der Waals surface area (Å²) in [5.74, 6) is 2.67. The first-order valence-electron chi connectivity index (χ1n) is 15.1. The predicted molar refractivity (Wildman–Crippen MR) is 166 cm³/mol. The van der Waals surface area contributed by atoms with Crippen LogP contribution in [0.2, 0.25) is 0 Å². The van der Waals surface area contributed by atoms with Crippen molar-refractivity contribution >= 4 is 17.3 Å². The van der Waals surface area contributed by atoms with E-state index in [0.717, 1.165) is 74.4 Å². The van der Waals surface area contributed by atoms with Gasteiger partial charge in [0.1, 0.15) is 17.3 Å². The van der Waals surface area contributed by atoms with Crippen molar-refractivity contribution in [3.05, 3.63) is 95.7 Å². The van der Waals surface area contributed by atoms with Gasteiger partial charge in [-0.05, 0) is 61.9 Å². The van der Waals surface area contributed by atoms with Crippen LogP contribution < -0.4 is 9.80 Å². The molecule has 1 unspecified atom stereocenters. The van der Waals surface area contributed by atoms with Crippen molar-refractivity contribution < 1.29 is 0 Å². The maximum Gasteiger partial charge on any atom is 0.154 e. The van der Waals surface area contributed by atoms with Crippen molar-refractivity contribution in [1.29, 1.82) is 0 Å². The van der Waals surface area contributed by atoms with Crippen molar-refractivity contribution in [1.82, 2.24) is 24.5 Å². The Morgan fingerprint density at radius 2 is 1.80 bits per heavy atom. The second-order valence-electron chi connectivity index (χ2n) is 11.9. The average molecular weight is 546 g/mol. The van der Waals surface area contributed by atoms with Gasteiger partial charge in [-0.25, -0.2) is 14.5 Å². The lowest BCUT2D eigenvalue weighted by Gasteiger charge is -2.36. The number of rotatable bonds is 6. The summed E-state index contributed by atoms with van der Waals surface area (Å²) in [6, 6.07) is 19.8. The number of hydrogen-bond acceptors (Lipinski definition) is 6. The number of benzene rings is 1. The summed E-state index contributed by atoms with van der Waals surface area (Å²) in [5.41, 5.74) is 6.90. The van der Waals surface area contributed by atoms with Crippen LogP contribution in [0.5, 0.6) is 0 Å². The lowest BCUT2D eigenvalue weighted by Crippen LogP contribution is -2.47. The molecule has 41 heavy (non-hydrogen) atoms. The van der Waals surface area contributed by atoms with Gasteiger partial charge in [-0.2, -0.15) is 0 Å². The largest absolute Gasteiger partial charge is 0.354 e. The number of anilines is 2. The van der Waals surface area contributed by atoms with E-state index in [2.05, 4.69) is 106 Å². The number of nitrogens with zero attached hydrogens (tertiary/aromatic N) is 7. The van der Waals surface area contributed by atoms with Crippen LogP contribution >= 0.6 is 0 Å². The Labute approximate surface area is 242 Å². The molecular formula is C34H39N7. The molecule has 0 spiro atoms. The molecule has 1 aliphatic carbocycles. The lowest BCUT2D eigenvalue weighted by molar-refractivity contribution is 0.274. The summed E-state index contributed by atoms with van der Waals surface area (Å²) in [5, 5.41) is 5.11. The third-order valence-electron chi connectivity index (χ3n) is 8.80. The predicted octanol–water partition coefficient (Wildman–Crippen LogP) is 6.09. The van der Waals surface area contributed by atoms with Gasteiger partial charge in [0.05, 0.1) is 17.9 Å². The average Bonchev–Trinajstić information content (AvgIpc) is 3.65. The number of aromatic nitrogens is 4. The monoisotopic (exact) mass is 545 g/mol. The quantitative estimate of drug-likeness (QED) is 0.293. The first-order valence-corrected chi connectivity index (χ1v) is 15.1. The van der Waals surface area contributed by atoms with E-state index in [4.69, 9.17) is 10.1 Å². The Kier molecular flexibility index (Phi) is 7.05. The van der Waals surface area contributed by atoms with E-state index in [1.807, 2.05) is 10.7 Å². The van der Waals surface area contributed by atoms with Gasteiger partial charge in [-0.3, -0.25) is 4.90 Å². The molecule has 0 radical (unpaired) electrons. The Morgan fingerprint density at radius 1 is 0.927 bits per heavy atom. The Bertz CT molecular complexity index is 1590. The summed E-state index contributed by atoms with van der Waals surface area (Å²) in [6.07, 6.45) is 12.2. The van der Waals surface area contributed by atoms with E-state index in [1.54, 1.807) is 5.57 Å². The van der Waals surface area contributed by atoms with Crippen molar-refractivity contribution in [3.63, 3.8) is 0 Å². The molecule has 4 aromatic rings. The molecule has 2 saturated heterocycles. The van der Waals surface area contributed by atoms with Crippen LogP contribution in [0, 0.1) is 12.8 Å². The summed E-state index contributed by atoms with van der Waals surface area (Å²) < 4.78 is 1.97. The van der Waals surface area contributed by atoms with Crippen molar-refractivity contribution in [2.75, 3.05) is 49.1 Å². The van der Waals surface area contributed by atoms with E-state index >= 15 is 0 Å². The van der Waals surface area contributed by atoms with Crippen molar-refractivity contribution in [2.24, 2.45) is 5.92 Å². The first-order chi connectivity index (χ1) is 20.1. The van der Waals surface area contributed by atoms with Crippen molar-refractivity contribution in [3.8, 4) is 11.4 Å². The van der Waals surface area contributed by atoms with Crippen molar-refractivity contribution in [2.45, 2.75) is 39.2 Å². The zero-order chi connectivity index (χ0) is 27.8. The van der Waals surface area contributed by atoms with Gasteiger partial charge in [-0.15, -0.1) is 5.10 Å². The minimum Gasteiger partial charge on any atom is -0.354 e. The van der Waals surface area contributed by atoms with E-state index < -0.39 is 0 Å². The van der Waals surface area contributed by atoms with Gasteiger partial charge >= 0.3 is 0 Å². The second kappa shape index (κ2) is 11.1. The molecule has 3 aromatic heterocycles. The fourth-order valence-electron chi connectivity index (χ4n) is 6.67. The summed E-state index contributed by atoms with van der Waals surface area (Å²) in [6.45, 7) is 10.6. The van der Waals surface area contributed by atoms with Gasteiger partial charge in [0.15, 0.2) is 5.65 Å². The van der Waals surface area contributed by atoms with Crippen LogP contribution in [-0.4, -0.2) is 63.8 Å². The molecule has 210 valence electrons. The number of fused-ring (bicyclic) bond motifs is 1. The second-order valence-corrected chi connectivity index (χ2v) is 11.9. The number of allylic oxidation sites excluding steroid dienone is 3. The fourth-order valence-corrected chi connectivity index (χ4v) is 6.67. The Morgan fingerprint density at radius 3 is 2.66 bits per heavy atom. The molecule has 1 aromatic carbocycles. The molecule has 2 aliphatic heterocycles. The lowest BCUT2D eigenvalue weighted by atomic mass is 9.95. The molecule has 0 amide bonds. The molecule has 2 atom stereocenters. The molecule has 0 N–H and O–H groups in total. The number of piperazine rings is 1. The maximum atomic E-state index is 5.11. The number of hydrogen-bond donors (Lipinski definition) is 0. The summed E-state index contributed by atoms with van der Waals surface area (Å²) in [4.78, 5) is 17.2. The molecule has 7 nitrogen and oxygen atoms in total. The molecule has 0 saturated carbocycles. The topological polar surface area (TPSA) is 52.8 Å². The standard InChI is InChI=1S/C34H39N7/c1-25-7-3-9-27(21-25)24-38-17-19-39(20-18-38)33-13-5-11-29(36-33)31-23-35-32-14-15-34(37-41(31)32)40-16-6-12-30(40)28-10-4-8-26(2)22-28/h3-5,7-11,13-15,22-23,25,30H,6,12,16-21,24H2,1-2H3/t25?,30-/m1/s1. The first kappa shape index (κ1) is 26.0. The van der Waals surface area contributed by atoms with Gasteiger partial charge in [-0.1, -0.05) is 66.6 Å². The number of imidazole rings is 1. The van der Waals surface area contributed by atoms with Crippen LogP contribution in [0.1, 0.15) is 43.4 Å². The van der Waals surface area contributed by atoms with E-state index in [-0.39, 0.29) is 0 Å². The molecule has 7 rings (SSSR count). The van der Waals surface area contributed by atoms with E-state index in [0.29, 0.717) is 12.0 Å². The maximum absolute atomic E-state index is 5.11. The van der Waals surface area contributed by atoms with Crippen LogP contribution in [-0.2, 0) is 0 Å². The van der Waals surface area contributed by atoms with Crippen LogP contribution in [0.25, 0.3) is 17.0 Å². The highest BCUT2D eigenvalue weighted by Gasteiger charge is 2.28. The number of aryl methyl sites for hydroxylation is 1. The molecular weight excluding hydrogens is 506 g/mol. The SMILES string of the molecule is Cc1cccc([C@H]2CCCN2c2ccc3ncc(-c4cccc(N5CCN(CC6=CC=CC(C)C6)CC5)n4)n3n2)c1. The smallest absolute Gasteiger partial charge is 0.154 e. The molecule has 5 heterocycles. The van der Waals surface area contributed by atoms with Gasteiger partial charge in [0.2, 0.25) is 0 Å². The fraction of sp³-hybridized carbons (Fsp3) is 0.382. The van der Waals surface area contributed by atoms with Gasteiger partial charge < -0.3 is 9.80 Å². The highest BCUT2D eigenvalue weighted by atomic mass is 15.4. The zero-order valence-electron chi connectivity index (χ0n) is 24.2. The minimum atomic E-state index is 0.348. The van der Waals surface area contributed by atoms with E-state index in [1.165, 1.54) is 24.0 Å². The van der Waals surface area contributed by atoms with Gasteiger partial charge in [0, 0.05) is 39.3 Å². The van der Waals surface area contributed by atoms with Crippen LogP contribution in [0.4, 0.5) is 11.6 Å². The van der Waals surface area contributed by atoms with E-state index in [9.17, 15) is 0 Å². The summed E-state index contributed by atoms with van der Waals surface area (Å²) in [7, 11) is 0.